The van der Waals surface area contributed by atoms with Crippen LogP contribution in [0, 0.1) is 0 Å². The van der Waals surface area contributed by atoms with Gasteiger partial charge in [-0.15, -0.1) is 0 Å². The molecule has 0 radical (unpaired) electrons. The molecule has 0 aromatic rings. The zero-order valence-electron chi connectivity index (χ0n) is 13.5. The lowest BCUT2D eigenvalue weighted by atomic mass is 9.90. The number of nitrogens with one attached hydrogen (secondary N) is 1. The maximum absolute atomic E-state index is 11.6. The third kappa shape index (κ3) is 4.17. The summed E-state index contributed by atoms with van der Waals surface area (Å²) in [6.45, 7) is 13.3. The molecule has 1 aliphatic heterocycles. The third-order valence-electron chi connectivity index (χ3n) is 4.18. The number of carbonyl (C=O) groups is 1. The van der Waals surface area contributed by atoms with Gasteiger partial charge in [0.05, 0.1) is 13.2 Å². The highest BCUT2D eigenvalue weighted by Gasteiger charge is 2.40. The molecule has 2 atom stereocenters. The second-order valence-electron chi connectivity index (χ2n) is 6.68. The highest BCUT2D eigenvalue weighted by atomic mass is 16.5. The SMILES string of the molecule is CCCNC(C)(CC(C)N1CCOCC1(C)C)C(=O)O. The van der Waals surface area contributed by atoms with Gasteiger partial charge in [-0.25, -0.2) is 0 Å². The molecule has 1 rings (SSSR count). The van der Waals surface area contributed by atoms with Crippen molar-refractivity contribution in [2.24, 2.45) is 0 Å². The van der Waals surface area contributed by atoms with Gasteiger partial charge in [-0.05, 0) is 47.1 Å². The number of morpholine rings is 1. The van der Waals surface area contributed by atoms with Crippen molar-refractivity contribution in [3.05, 3.63) is 0 Å². The number of hydrogen-bond donors (Lipinski definition) is 2. The fourth-order valence-electron chi connectivity index (χ4n) is 3.02. The van der Waals surface area contributed by atoms with Gasteiger partial charge in [0.25, 0.3) is 0 Å². The van der Waals surface area contributed by atoms with Gasteiger partial charge < -0.3 is 15.2 Å². The van der Waals surface area contributed by atoms with Crippen molar-refractivity contribution in [3.8, 4) is 0 Å². The largest absolute Gasteiger partial charge is 0.480 e. The van der Waals surface area contributed by atoms with Crippen molar-refractivity contribution in [1.82, 2.24) is 10.2 Å². The van der Waals surface area contributed by atoms with Crippen LogP contribution >= 0.6 is 0 Å². The average molecular weight is 286 g/mol. The van der Waals surface area contributed by atoms with Gasteiger partial charge in [0.1, 0.15) is 5.54 Å². The molecule has 2 unspecified atom stereocenters. The van der Waals surface area contributed by atoms with E-state index in [4.69, 9.17) is 4.74 Å². The van der Waals surface area contributed by atoms with Gasteiger partial charge in [-0.2, -0.15) is 0 Å². The van der Waals surface area contributed by atoms with Crippen LogP contribution in [0.25, 0.3) is 0 Å². The second-order valence-corrected chi connectivity index (χ2v) is 6.68. The molecule has 0 aromatic heterocycles. The summed E-state index contributed by atoms with van der Waals surface area (Å²) in [5.41, 5.74) is -0.911. The summed E-state index contributed by atoms with van der Waals surface area (Å²) in [6, 6.07) is 0.194. The van der Waals surface area contributed by atoms with E-state index in [0.29, 0.717) is 13.0 Å². The molecule has 1 saturated heterocycles. The van der Waals surface area contributed by atoms with Crippen LogP contribution in [0.3, 0.4) is 0 Å². The van der Waals surface area contributed by atoms with Crippen LogP contribution in [-0.2, 0) is 9.53 Å². The van der Waals surface area contributed by atoms with Crippen molar-refractivity contribution < 1.29 is 14.6 Å². The van der Waals surface area contributed by atoms with Crippen molar-refractivity contribution in [1.29, 1.82) is 0 Å². The van der Waals surface area contributed by atoms with Crippen molar-refractivity contribution in [2.75, 3.05) is 26.3 Å². The minimum absolute atomic E-state index is 0.0398. The molecule has 0 aromatic carbocycles. The molecule has 0 saturated carbocycles. The maximum atomic E-state index is 11.6. The molecule has 1 heterocycles. The molecule has 1 aliphatic rings. The second kappa shape index (κ2) is 6.87. The van der Waals surface area contributed by atoms with Gasteiger partial charge in [-0.3, -0.25) is 9.69 Å². The first-order chi connectivity index (χ1) is 9.23. The summed E-state index contributed by atoms with van der Waals surface area (Å²) < 4.78 is 5.53. The minimum atomic E-state index is -0.871. The topological polar surface area (TPSA) is 61.8 Å². The van der Waals surface area contributed by atoms with Crippen molar-refractivity contribution in [2.45, 2.75) is 64.6 Å². The first-order valence-corrected chi connectivity index (χ1v) is 7.56. The number of nitrogens with zero attached hydrogens (tertiary/aromatic N) is 1. The lowest BCUT2D eigenvalue weighted by molar-refractivity contribution is -0.146. The first kappa shape index (κ1) is 17.4. The summed E-state index contributed by atoms with van der Waals surface area (Å²) in [7, 11) is 0. The monoisotopic (exact) mass is 286 g/mol. The van der Waals surface area contributed by atoms with E-state index in [1.165, 1.54) is 0 Å². The van der Waals surface area contributed by atoms with Crippen LogP contribution in [0.2, 0.25) is 0 Å². The van der Waals surface area contributed by atoms with Gasteiger partial charge in [-0.1, -0.05) is 6.92 Å². The standard InChI is InChI=1S/C15H30N2O3/c1-6-7-16-15(5,13(18)19)10-12(2)17-8-9-20-11-14(17,3)4/h12,16H,6-11H2,1-5H3,(H,18,19). The molecular weight excluding hydrogens is 256 g/mol. The predicted molar refractivity (Wildman–Crippen MR) is 80.0 cm³/mol. The van der Waals surface area contributed by atoms with Crippen molar-refractivity contribution >= 4 is 5.97 Å². The molecule has 20 heavy (non-hydrogen) atoms. The molecule has 0 bridgehead atoms. The number of aliphatic carboxylic acids is 1. The molecule has 118 valence electrons. The lowest BCUT2D eigenvalue weighted by Gasteiger charge is -2.47. The van der Waals surface area contributed by atoms with Crippen LogP contribution in [0.1, 0.15) is 47.5 Å². The van der Waals surface area contributed by atoms with E-state index in [-0.39, 0.29) is 11.6 Å². The van der Waals surface area contributed by atoms with Crippen LogP contribution < -0.4 is 5.32 Å². The van der Waals surface area contributed by atoms with Gasteiger partial charge in [0.15, 0.2) is 0 Å². The van der Waals surface area contributed by atoms with Crippen LogP contribution in [0.15, 0.2) is 0 Å². The van der Waals surface area contributed by atoms with E-state index in [2.05, 4.69) is 31.0 Å². The number of carboxylic acids is 1. The molecular formula is C15H30N2O3. The molecule has 5 heteroatoms. The summed E-state index contributed by atoms with van der Waals surface area (Å²) in [5, 5.41) is 12.7. The Labute approximate surface area is 122 Å². The Morgan fingerprint density at radius 1 is 1.55 bits per heavy atom. The molecule has 0 amide bonds. The number of ether oxygens (including phenoxy) is 1. The zero-order chi connectivity index (χ0) is 15.4. The van der Waals surface area contributed by atoms with E-state index >= 15 is 0 Å². The van der Waals surface area contributed by atoms with Gasteiger partial charge in [0, 0.05) is 18.1 Å². The Morgan fingerprint density at radius 2 is 2.20 bits per heavy atom. The van der Waals surface area contributed by atoms with Gasteiger partial charge >= 0.3 is 5.97 Å². The summed E-state index contributed by atoms with van der Waals surface area (Å²) in [4.78, 5) is 14.0. The molecule has 0 aliphatic carbocycles. The van der Waals surface area contributed by atoms with E-state index in [1.54, 1.807) is 6.92 Å². The quantitative estimate of drug-likeness (QED) is 0.746. The molecule has 1 fully saturated rings. The Balaban J connectivity index is 2.74. The number of hydrogen-bond acceptors (Lipinski definition) is 4. The normalized spacial score (nSPS) is 24.1. The molecule has 2 N–H and O–H groups in total. The summed E-state index contributed by atoms with van der Waals surface area (Å²) >= 11 is 0. The fourth-order valence-corrected chi connectivity index (χ4v) is 3.02. The Hall–Kier alpha value is -0.650. The highest BCUT2D eigenvalue weighted by Crippen LogP contribution is 2.26. The Bertz CT molecular complexity index is 333. The summed E-state index contributed by atoms with van der Waals surface area (Å²) in [6.07, 6.45) is 1.52. The van der Waals surface area contributed by atoms with E-state index in [9.17, 15) is 9.90 Å². The number of rotatable bonds is 7. The average Bonchev–Trinajstić information content (AvgIpc) is 2.35. The smallest absolute Gasteiger partial charge is 0.323 e. The third-order valence-corrected chi connectivity index (χ3v) is 4.18. The number of carboxylic acid groups (broad SMARTS) is 1. The van der Waals surface area contributed by atoms with Crippen LogP contribution in [-0.4, -0.2) is 59.4 Å². The van der Waals surface area contributed by atoms with Crippen molar-refractivity contribution in [3.63, 3.8) is 0 Å². The van der Waals surface area contributed by atoms with E-state index < -0.39 is 11.5 Å². The fraction of sp³-hybridized carbons (Fsp3) is 0.933. The predicted octanol–water partition coefficient (Wildman–Crippen LogP) is 1.72. The maximum Gasteiger partial charge on any atom is 0.323 e. The lowest BCUT2D eigenvalue weighted by Crippen LogP contribution is -2.60. The zero-order valence-corrected chi connectivity index (χ0v) is 13.5. The Kier molecular flexibility index (Phi) is 5.98. The van der Waals surface area contributed by atoms with Gasteiger partial charge in [0.2, 0.25) is 0 Å². The summed E-state index contributed by atoms with van der Waals surface area (Å²) in [5.74, 6) is -0.774. The van der Waals surface area contributed by atoms with Crippen LogP contribution in [0.5, 0.6) is 0 Å². The Morgan fingerprint density at radius 3 is 2.70 bits per heavy atom. The molecule has 0 spiro atoms. The van der Waals surface area contributed by atoms with Crippen LogP contribution in [0.4, 0.5) is 0 Å². The minimum Gasteiger partial charge on any atom is -0.480 e. The van der Waals surface area contributed by atoms with E-state index in [1.807, 2.05) is 6.92 Å². The first-order valence-electron chi connectivity index (χ1n) is 7.56. The highest BCUT2D eigenvalue weighted by molar-refractivity contribution is 5.78. The molecule has 5 nitrogen and oxygen atoms in total. The van der Waals surface area contributed by atoms with E-state index in [0.717, 1.165) is 26.1 Å².